The van der Waals surface area contributed by atoms with Crippen LogP contribution in [0.5, 0.6) is 0 Å². The molecule has 0 fully saturated rings. The lowest BCUT2D eigenvalue weighted by atomic mass is 10.1. The van der Waals surface area contributed by atoms with Crippen LogP contribution >= 0.6 is 11.8 Å². The van der Waals surface area contributed by atoms with Gasteiger partial charge in [0.05, 0.1) is 11.7 Å². The molecule has 1 aromatic carbocycles. The van der Waals surface area contributed by atoms with Gasteiger partial charge in [0.1, 0.15) is 5.82 Å². The fourth-order valence-corrected chi connectivity index (χ4v) is 3.00. The summed E-state index contributed by atoms with van der Waals surface area (Å²) in [7, 11) is 0. The van der Waals surface area contributed by atoms with Crippen molar-refractivity contribution in [2.75, 3.05) is 11.1 Å². The van der Waals surface area contributed by atoms with E-state index in [1.807, 2.05) is 13.0 Å². The van der Waals surface area contributed by atoms with E-state index in [1.54, 1.807) is 17.8 Å². The number of halogens is 1. The lowest BCUT2D eigenvalue weighted by Crippen LogP contribution is -2.09. The van der Waals surface area contributed by atoms with E-state index >= 15 is 0 Å². The summed E-state index contributed by atoms with van der Waals surface area (Å²) in [5.41, 5.74) is 1.46. The van der Waals surface area contributed by atoms with Gasteiger partial charge in [0.25, 0.3) is 0 Å². The molecule has 0 saturated heterocycles. The second kappa shape index (κ2) is 5.74. The number of aliphatic imine (C=N–C) groups is 1. The fraction of sp³-hybridized carbons (Fsp3) is 0.500. The summed E-state index contributed by atoms with van der Waals surface area (Å²) in [5.74, 6) is 1.42. The molecule has 0 amide bonds. The molecule has 1 aliphatic rings. The van der Waals surface area contributed by atoms with Crippen LogP contribution in [0.3, 0.4) is 0 Å². The first-order chi connectivity index (χ1) is 8.56. The molecule has 0 aromatic heterocycles. The molecular weight excluding hydrogens is 247 g/mol. The molecule has 0 aliphatic carbocycles. The van der Waals surface area contributed by atoms with E-state index < -0.39 is 0 Å². The smallest absolute Gasteiger partial charge is 0.161 e. The lowest BCUT2D eigenvalue weighted by molar-refractivity contribution is 0.529. The maximum Gasteiger partial charge on any atom is 0.161 e. The summed E-state index contributed by atoms with van der Waals surface area (Å²) in [5, 5.41) is 3.96. The molecule has 1 aromatic rings. The number of hydrogen-bond donors (Lipinski definition) is 1. The average Bonchev–Trinajstić information content (AvgIpc) is 2.70. The van der Waals surface area contributed by atoms with Crippen molar-refractivity contribution in [2.45, 2.75) is 33.2 Å². The molecule has 1 aliphatic heterocycles. The number of benzene rings is 1. The molecule has 4 heteroatoms. The minimum atomic E-state index is -0.217. The monoisotopic (exact) mass is 266 g/mol. The molecule has 2 nitrogen and oxygen atoms in total. The van der Waals surface area contributed by atoms with Gasteiger partial charge in [-0.05, 0) is 30.9 Å². The zero-order valence-corrected chi connectivity index (χ0v) is 11.9. The van der Waals surface area contributed by atoms with Gasteiger partial charge in [-0.2, -0.15) is 0 Å². The van der Waals surface area contributed by atoms with E-state index in [0.29, 0.717) is 17.6 Å². The molecule has 2 rings (SSSR count). The highest BCUT2D eigenvalue weighted by molar-refractivity contribution is 8.14. The van der Waals surface area contributed by atoms with Crippen LogP contribution in [0.4, 0.5) is 10.1 Å². The summed E-state index contributed by atoms with van der Waals surface area (Å²) in [6, 6.07) is 5.46. The average molecular weight is 266 g/mol. The molecule has 1 unspecified atom stereocenters. The maximum atomic E-state index is 13.7. The predicted molar refractivity (Wildman–Crippen MR) is 77.9 cm³/mol. The summed E-state index contributed by atoms with van der Waals surface area (Å²) in [6.07, 6.45) is 1.09. The van der Waals surface area contributed by atoms with Crippen molar-refractivity contribution in [1.29, 1.82) is 0 Å². The van der Waals surface area contributed by atoms with Crippen molar-refractivity contribution in [1.82, 2.24) is 0 Å². The summed E-state index contributed by atoms with van der Waals surface area (Å²) in [6.45, 7) is 6.30. The zero-order chi connectivity index (χ0) is 13.1. The van der Waals surface area contributed by atoms with Crippen LogP contribution in [0.25, 0.3) is 0 Å². The highest BCUT2D eigenvalue weighted by Crippen LogP contribution is 2.26. The van der Waals surface area contributed by atoms with Crippen LogP contribution in [-0.4, -0.2) is 17.0 Å². The van der Waals surface area contributed by atoms with Gasteiger partial charge in [-0.1, -0.05) is 37.7 Å². The molecule has 0 saturated carbocycles. The van der Waals surface area contributed by atoms with Crippen LogP contribution in [0.1, 0.15) is 25.8 Å². The molecule has 1 atom stereocenters. The minimum absolute atomic E-state index is 0.217. The Morgan fingerprint density at radius 2 is 2.28 bits per heavy atom. The van der Waals surface area contributed by atoms with Crippen LogP contribution < -0.4 is 5.32 Å². The topological polar surface area (TPSA) is 24.4 Å². The van der Waals surface area contributed by atoms with Crippen LogP contribution in [0.15, 0.2) is 23.2 Å². The van der Waals surface area contributed by atoms with Crippen molar-refractivity contribution in [2.24, 2.45) is 10.9 Å². The van der Waals surface area contributed by atoms with E-state index in [1.165, 1.54) is 6.07 Å². The first-order valence-electron chi connectivity index (χ1n) is 6.29. The van der Waals surface area contributed by atoms with E-state index in [9.17, 15) is 4.39 Å². The lowest BCUT2D eigenvalue weighted by Gasteiger charge is -2.09. The summed E-state index contributed by atoms with van der Waals surface area (Å²) < 4.78 is 13.7. The minimum Gasteiger partial charge on any atom is -0.332 e. The highest BCUT2D eigenvalue weighted by Gasteiger charge is 2.20. The number of nitrogens with one attached hydrogen (secondary N) is 1. The highest BCUT2D eigenvalue weighted by atomic mass is 32.2. The number of rotatable bonds is 3. The van der Waals surface area contributed by atoms with Gasteiger partial charge >= 0.3 is 0 Å². The number of anilines is 1. The third-order valence-electron chi connectivity index (χ3n) is 2.91. The van der Waals surface area contributed by atoms with Crippen molar-refractivity contribution < 1.29 is 4.39 Å². The van der Waals surface area contributed by atoms with Crippen molar-refractivity contribution in [3.63, 3.8) is 0 Å². The molecule has 0 bridgehead atoms. The first kappa shape index (κ1) is 13.4. The third-order valence-corrected chi connectivity index (χ3v) is 3.94. The molecule has 98 valence electrons. The van der Waals surface area contributed by atoms with Crippen LogP contribution in [0.2, 0.25) is 0 Å². The van der Waals surface area contributed by atoms with Crippen molar-refractivity contribution in [3.05, 3.63) is 29.6 Å². The zero-order valence-electron chi connectivity index (χ0n) is 11.0. The largest absolute Gasteiger partial charge is 0.332 e. The van der Waals surface area contributed by atoms with Gasteiger partial charge in [0, 0.05) is 5.75 Å². The number of amidine groups is 1. The van der Waals surface area contributed by atoms with Gasteiger partial charge < -0.3 is 5.32 Å². The summed E-state index contributed by atoms with van der Waals surface area (Å²) in [4.78, 5) is 4.61. The summed E-state index contributed by atoms with van der Waals surface area (Å²) >= 11 is 1.68. The van der Waals surface area contributed by atoms with Gasteiger partial charge in [0.15, 0.2) is 5.17 Å². The normalized spacial score (nSPS) is 19.2. The van der Waals surface area contributed by atoms with Crippen LogP contribution in [-0.2, 0) is 0 Å². The third kappa shape index (κ3) is 3.25. The van der Waals surface area contributed by atoms with Crippen molar-refractivity contribution in [3.8, 4) is 0 Å². The number of hydrogen-bond acceptors (Lipinski definition) is 3. The molecular formula is C14H19FN2S. The standard InChI is InChI=1S/C14H19FN2S/c1-9(2)7-11-8-18-14(16-11)17-13-10(3)5-4-6-12(13)15/h4-6,9,11H,7-8H2,1-3H3,(H,16,17). The van der Waals surface area contributed by atoms with E-state index in [-0.39, 0.29) is 5.82 Å². The molecule has 1 N–H and O–H groups in total. The van der Waals surface area contributed by atoms with E-state index in [0.717, 1.165) is 22.9 Å². The van der Waals surface area contributed by atoms with Crippen LogP contribution in [0, 0.1) is 18.7 Å². The number of aryl methyl sites for hydroxylation is 1. The van der Waals surface area contributed by atoms with E-state index in [4.69, 9.17) is 0 Å². The first-order valence-corrected chi connectivity index (χ1v) is 7.27. The Kier molecular flexibility index (Phi) is 4.27. The maximum absolute atomic E-state index is 13.7. The van der Waals surface area contributed by atoms with E-state index in [2.05, 4.69) is 24.2 Å². The van der Waals surface area contributed by atoms with Gasteiger partial charge in [-0.25, -0.2) is 4.39 Å². The molecule has 1 heterocycles. The Bertz CT molecular complexity index is 437. The quantitative estimate of drug-likeness (QED) is 0.892. The Labute approximate surface area is 112 Å². The second-order valence-electron chi connectivity index (χ2n) is 5.09. The predicted octanol–water partition coefficient (Wildman–Crippen LogP) is 4.06. The molecule has 0 radical (unpaired) electrons. The Hall–Kier alpha value is -1.03. The van der Waals surface area contributed by atoms with Gasteiger partial charge in [-0.15, -0.1) is 0 Å². The van der Waals surface area contributed by atoms with Crippen molar-refractivity contribution >= 4 is 22.6 Å². The molecule has 0 spiro atoms. The van der Waals surface area contributed by atoms with Gasteiger partial charge in [0.2, 0.25) is 0 Å². The number of nitrogens with zero attached hydrogens (tertiary/aromatic N) is 1. The Morgan fingerprint density at radius 3 is 2.94 bits per heavy atom. The fourth-order valence-electron chi connectivity index (χ4n) is 2.05. The number of para-hydroxylation sites is 1. The Morgan fingerprint density at radius 1 is 1.50 bits per heavy atom. The number of thioether (sulfide) groups is 1. The molecule has 18 heavy (non-hydrogen) atoms. The Balaban J connectivity index is 2.06. The SMILES string of the molecule is Cc1cccc(F)c1NC1=NC(CC(C)C)CS1. The second-order valence-corrected chi connectivity index (χ2v) is 6.09. The van der Waals surface area contributed by atoms with Gasteiger partial charge in [-0.3, -0.25) is 4.99 Å².